The molecule has 2 heterocycles. The van der Waals surface area contributed by atoms with Gasteiger partial charge in [0.1, 0.15) is 18.9 Å². The summed E-state index contributed by atoms with van der Waals surface area (Å²) in [5.41, 5.74) is -0.117. The Morgan fingerprint density at radius 1 is 1.72 bits per heavy atom. The molecule has 1 N–H and O–H groups in total. The molecule has 0 atom stereocenters. The van der Waals surface area contributed by atoms with E-state index in [1.54, 1.807) is 0 Å². The van der Waals surface area contributed by atoms with Crippen LogP contribution in [0, 0.1) is 15.5 Å². The second kappa shape index (κ2) is 4.73. The van der Waals surface area contributed by atoms with Crippen molar-refractivity contribution >= 4 is 11.6 Å². The summed E-state index contributed by atoms with van der Waals surface area (Å²) in [5.74, 6) is -0.221. The molecule has 0 saturated carbocycles. The molecule has 2 rings (SSSR count). The van der Waals surface area contributed by atoms with Crippen LogP contribution < -0.4 is 5.32 Å². The first-order chi connectivity index (χ1) is 8.48. The van der Waals surface area contributed by atoms with Gasteiger partial charge in [-0.3, -0.25) is 19.6 Å². The summed E-state index contributed by atoms with van der Waals surface area (Å²) in [6.07, 6.45) is 2.35. The largest absolute Gasteiger partial charge is 0.380 e. The van der Waals surface area contributed by atoms with Gasteiger partial charge < -0.3 is 10.1 Å². The number of hydrogen-bond donors (Lipinski definition) is 1. The number of amides is 1. The molecule has 0 bridgehead atoms. The Morgan fingerprint density at radius 2 is 2.44 bits per heavy atom. The highest BCUT2D eigenvalue weighted by atomic mass is 16.6. The lowest BCUT2D eigenvalue weighted by atomic mass is 9.89. The van der Waals surface area contributed by atoms with E-state index in [0.29, 0.717) is 19.8 Å². The van der Waals surface area contributed by atoms with E-state index >= 15 is 0 Å². The second-order valence-corrected chi connectivity index (χ2v) is 4.73. The first-order valence-corrected chi connectivity index (χ1v) is 5.50. The SMILES string of the molecule is CC1(CNC(=O)Cn2cc([N+](=O)[O-])cn2)COC1. The van der Waals surface area contributed by atoms with Gasteiger partial charge in [-0.15, -0.1) is 0 Å². The van der Waals surface area contributed by atoms with Crippen LogP contribution in [0.15, 0.2) is 12.4 Å². The van der Waals surface area contributed by atoms with Crippen LogP contribution in [0.4, 0.5) is 5.69 Å². The second-order valence-electron chi connectivity index (χ2n) is 4.73. The Bertz CT molecular complexity index is 466. The molecule has 1 amide bonds. The number of nitro groups is 1. The third kappa shape index (κ3) is 2.83. The van der Waals surface area contributed by atoms with Crippen LogP contribution in [0.2, 0.25) is 0 Å². The summed E-state index contributed by atoms with van der Waals surface area (Å²) in [7, 11) is 0. The average Bonchev–Trinajstić information content (AvgIpc) is 2.72. The lowest BCUT2D eigenvalue weighted by Gasteiger charge is -2.37. The van der Waals surface area contributed by atoms with Crippen LogP contribution >= 0.6 is 0 Å². The van der Waals surface area contributed by atoms with Crippen molar-refractivity contribution in [1.29, 1.82) is 0 Å². The summed E-state index contributed by atoms with van der Waals surface area (Å²) in [6.45, 7) is 3.82. The number of carbonyl (C=O) groups excluding carboxylic acids is 1. The fraction of sp³-hybridized carbons (Fsp3) is 0.600. The standard InChI is InChI=1S/C10H14N4O4/c1-10(6-18-7-10)5-11-9(15)4-13-3-8(2-12-13)14(16)17/h2-3H,4-7H2,1H3,(H,11,15). The summed E-state index contributed by atoms with van der Waals surface area (Å²) in [5, 5.41) is 16.9. The van der Waals surface area contributed by atoms with E-state index in [-0.39, 0.29) is 23.6 Å². The van der Waals surface area contributed by atoms with Crippen molar-refractivity contribution in [3.63, 3.8) is 0 Å². The number of nitrogens with one attached hydrogen (secondary N) is 1. The van der Waals surface area contributed by atoms with Gasteiger partial charge in [0.2, 0.25) is 5.91 Å². The Kier molecular flexibility index (Phi) is 3.28. The van der Waals surface area contributed by atoms with Gasteiger partial charge in [0.15, 0.2) is 0 Å². The van der Waals surface area contributed by atoms with Gasteiger partial charge in [0, 0.05) is 12.0 Å². The summed E-state index contributed by atoms with van der Waals surface area (Å²) in [4.78, 5) is 21.5. The van der Waals surface area contributed by atoms with Crippen molar-refractivity contribution in [3.05, 3.63) is 22.5 Å². The first-order valence-electron chi connectivity index (χ1n) is 5.50. The van der Waals surface area contributed by atoms with Gasteiger partial charge in [0.25, 0.3) is 0 Å². The normalized spacial score (nSPS) is 16.9. The zero-order valence-electron chi connectivity index (χ0n) is 9.96. The van der Waals surface area contributed by atoms with Gasteiger partial charge in [-0.2, -0.15) is 5.10 Å². The van der Waals surface area contributed by atoms with Gasteiger partial charge in [-0.1, -0.05) is 6.92 Å². The molecule has 18 heavy (non-hydrogen) atoms. The number of nitrogens with zero attached hydrogens (tertiary/aromatic N) is 3. The zero-order chi connectivity index (χ0) is 13.2. The molecule has 0 spiro atoms. The lowest BCUT2D eigenvalue weighted by molar-refractivity contribution is -0.385. The minimum Gasteiger partial charge on any atom is -0.380 e. The fourth-order valence-corrected chi connectivity index (χ4v) is 1.60. The van der Waals surface area contributed by atoms with Gasteiger partial charge in [-0.25, -0.2) is 0 Å². The highest BCUT2D eigenvalue weighted by Crippen LogP contribution is 2.24. The van der Waals surface area contributed by atoms with E-state index < -0.39 is 4.92 Å². The third-order valence-electron chi connectivity index (χ3n) is 2.75. The van der Waals surface area contributed by atoms with E-state index in [9.17, 15) is 14.9 Å². The predicted octanol–water partition coefficient (Wildman–Crippen LogP) is -0.0560. The maximum atomic E-state index is 11.6. The summed E-state index contributed by atoms with van der Waals surface area (Å²) >= 11 is 0. The Morgan fingerprint density at radius 3 is 2.94 bits per heavy atom. The number of ether oxygens (including phenoxy) is 1. The molecule has 1 aromatic rings. The van der Waals surface area contributed by atoms with Crippen LogP contribution in [-0.4, -0.2) is 40.4 Å². The molecule has 8 nitrogen and oxygen atoms in total. The first kappa shape index (κ1) is 12.5. The lowest BCUT2D eigenvalue weighted by Crippen LogP contribution is -2.49. The van der Waals surface area contributed by atoms with Crippen molar-refractivity contribution in [2.75, 3.05) is 19.8 Å². The van der Waals surface area contributed by atoms with E-state index in [1.807, 2.05) is 6.92 Å². The molecule has 0 aliphatic carbocycles. The molecule has 98 valence electrons. The molecular formula is C10H14N4O4. The Hall–Kier alpha value is -1.96. The van der Waals surface area contributed by atoms with Crippen LogP contribution in [0.5, 0.6) is 0 Å². The van der Waals surface area contributed by atoms with Gasteiger partial charge in [0.05, 0.1) is 18.1 Å². The number of aromatic nitrogens is 2. The average molecular weight is 254 g/mol. The minimum atomic E-state index is -0.547. The highest BCUT2D eigenvalue weighted by molar-refractivity contribution is 5.75. The fourth-order valence-electron chi connectivity index (χ4n) is 1.60. The topological polar surface area (TPSA) is 99.3 Å². The van der Waals surface area contributed by atoms with E-state index in [1.165, 1.54) is 10.9 Å². The highest BCUT2D eigenvalue weighted by Gasteiger charge is 2.33. The summed E-state index contributed by atoms with van der Waals surface area (Å²) < 4.78 is 6.32. The predicted molar refractivity (Wildman–Crippen MR) is 60.8 cm³/mol. The van der Waals surface area contributed by atoms with Crippen molar-refractivity contribution in [1.82, 2.24) is 15.1 Å². The minimum absolute atomic E-state index is 0.00573. The number of carbonyl (C=O) groups is 1. The van der Waals surface area contributed by atoms with Crippen molar-refractivity contribution in [2.45, 2.75) is 13.5 Å². The Balaban J connectivity index is 1.81. The van der Waals surface area contributed by atoms with Crippen LogP contribution in [0.3, 0.4) is 0 Å². The molecule has 1 aliphatic rings. The maximum absolute atomic E-state index is 11.6. The molecular weight excluding hydrogens is 240 g/mol. The molecule has 1 aromatic heterocycles. The molecule has 0 radical (unpaired) electrons. The van der Waals surface area contributed by atoms with Crippen molar-refractivity contribution < 1.29 is 14.5 Å². The van der Waals surface area contributed by atoms with Gasteiger partial charge in [-0.05, 0) is 0 Å². The molecule has 1 saturated heterocycles. The number of hydrogen-bond acceptors (Lipinski definition) is 5. The van der Waals surface area contributed by atoms with Crippen molar-refractivity contribution in [2.24, 2.45) is 5.41 Å². The zero-order valence-corrected chi connectivity index (χ0v) is 9.96. The third-order valence-corrected chi connectivity index (χ3v) is 2.75. The maximum Gasteiger partial charge on any atom is 0.307 e. The van der Waals surface area contributed by atoms with Crippen LogP contribution in [-0.2, 0) is 16.1 Å². The quantitative estimate of drug-likeness (QED) is 0.586. The van der Waals surface area contributed by atoms with Crippen molar-refractivity contribution in [3.8, 4) is 0 Å². The molecule has 8 heteroatoms. The molecule has 1 aliphatic heterocycles. The van der Waals surface area contributed by atoms with Crippen LogP contribution in [0.25, 0.3) is 0 Å². The molecule has 1 fully saturated rings. The van der Waals surface area contributed by atoms with Crippen LogP contribution in [0.1, 0.15) is 6.92 Å². The van der Waals surface area contributed by atoms with E-state index in [4.69, 9.17) is 4.74 Å². The molecule has 0 unspecified atom stereocenters. The molecule has 0 aromatic carbocycles. The van der Waals surface area contributed by atoms with E-state index in [0.717, 1.165) is 6.20 Å². The monoisotopic (exact) mass is 254 g/mol. The Labute approximate surface area is 103 Å². The van der Waals surface area contributed by atoms with E-state index in [2.05, 4.69) is 10.4 Å². The van der Waals surface area contributed by atoms with Gasteiger partial charge >= 0.3 is 5.69 Å². The smallest absolute Gasteiger partial charge is 0.307 e. The summed E-state index contributed by atoms with van der Waals surface area (Å²) in [6, 6.07) is 0. The number of rotatable bonds is 5.